The number of hydrogen-bond donors (Lipinski definition) is 0. The number of benzene rings is 1. The van der Waals surface area contributed by atoms with Gasteiger partial charge in [-0.05, 0) is 29.8 Å². The first-order valence-corrected chi connectivity index (χ1v) is 5.06. The molecule has 0 atom stereocenters. The molecule has 17 heavy (non-hydrogen) atoms. The second kappa shape index (κ2) is 5.03. The fourth-order valence-corrected chi connectivity index (χ4v) is 1.63. The van der Waals surface area contributed by atoms with E-state index < -0.39 is 11.7 Å². The van der Waals surface area contributed by atoms with Crippen LogP contribution in [0.5, 0.6) is 0 Å². The van der Waals surface area contributed by atoms with Crippen LogP contribution in [-0.4, -0.2) is 0 Å². The lowest BCUT2D eigenvalue weighted by molar-refractivity contribution is -0.137. The number of rotatable bonds is 1. The molecule has 6 heteroatoms. The lowest BCUT2D eigenvalue weighted by Gasteiger charge is -2.08. The van der Waals surface area contributed by atoms with E-state index in [-0.39, 0.29) is 15.6 Å². The predicted octanol–water partition coefficient (Wildman–Crippen LogP) is 3.90. The van der Waals surface area contributed by atoms with Crippen LogP contribution >= 0.6 is 15.9 Å². The molecular weight excluding hydrogens is 297 g/mol. The van der Waals surface area contributed by atoms with E-state index in [1.54, 1.807) is 12.1 Å². The summed E-state index contributed by atoms with van der Waals surface area (Å²) in [5.74, 6) is 0. The van der Waals surface area contributed by atoms with Gasteiger partial charge in [0.2, 0.25) is 0 Å². The van der Waals surface area contributed by atoms with Crippen molar-refractivity contribution in [3.05, 3.63) is 39.4 Å². The van der Waals surface area contributed by atoms with E-state index >= 15 is 0 Å². The van der Waals surface area contributed by atoms with Crippen molar-refractivity contribution in [1.29, 1.82) is 10.5 Å². The molecule has 2 nitrogen and oxygen atoms in total. The van der Waals surface area contributed by atoms with Gasteiger partial charge in [-0.25, -0.2) is 0 Å². The van der Waals surface area contributed by atoms with Crippen molar-refractivity contribution in [3.63, 3.8) is 0 Å². The van der Waals surface area contributed by atoms with Crippen LogP contribution in [0.1, 0.15) is 11.1 Å². The number of nitriles is 2. The molecule has 86 valence electrons. The van der Waals surface area contributed by atoms with Crippen molar-refractivity contribution < 1.29 is 13.2 Å². The SMILES string of the molecule is N#CC(C#N)=Cc1cc(Br)cc(C(F)(F)F)c1. The van der Waals surface area contributed by atoms with Gasteiger partial charge in [0.15, 0.2) is 0 Å². The average Bonchev–Trinajstić information content (AvgIpc) is 2.24. The minimum Gasteiger partial charge on any atom is -0.192 e. The molecule has 0 N–H and O–H groups in total. The van der Waals surface area contributed by atoms with Gasteiger partial charge >= 0.3 is 6.18 Å². The van der Waals surface area contributed by atoms with Crippen molar-refractivity contribution in [1.82, 2.24) is 0 Å². The number of halogens is 4. The number of alkyl halides is 3. The quantitative estimate of drug-likeness (QED) is 0.739. The Hall–Kier alpha value is -1.79. The molecule has 0 saturated heterocycles. The second-order valence-electron chi connectivity index (χ2n) is 3.05. The van der Waals surface area contributed by atoms with Crippen LogP contribution in [-0.2, 0) is 6.18 Å². The Balaban J connectivity index is 3.31. The topological polar surface area (TPSA) is 47.6 Å². The van der Waals surface area contributed by atoms with Crippen molar-refractivity contribution in [2.75, 3.05) is 0 Å². The Morgan fingerprint density at radius 1 is 1.18 bits per heavy atom. The number of nitrogens with zero attached hydrogens (tertiary/aromatic N) is 2. The molecule has 0 aliphatic heterocycles. The molecule has 0 amide bonds. The van der Waals surface area contributed by atoms with Crippen LogP contribution in [0.2, 0.25) is 0 Å². The first-order valence-electron chi connectivity index (χ1n) is 4.26. The Kier molecular flexibility index (Phi) is 3.93. The lowest BCUT2D eigenvalue weighted by atomic mass is 10.1. The zero-order chi connectivity index (χ0) is 13.1. The van der Waals surface area contributed by atoms with Gasteiger partial charge in [-0.3, -0.25) is 0 Å². The third-order valence-corrected chi connectivity index (χ3v) is 2.26. The summed E-state index contributed by atoms with van der Waals surface area (Å²) < 4.78 is 37.7. The molecular formula is C11H4BrF3N2. The highest BCUT2D eigenvalue weighted by atomic mass is 79.9. The van der Waals surface area contributed by atoms with Gasteiger partial charge in [0.1, 0.15) is 17.7 Å². The monoisotopic (exact) mass is 300 g/mol. The minimum atomic E-state index is -4.47. The van der Waals surface area contributed by atoms with E-state index in [9.17, 15) is 13.2 Å². The summed E-state index contributed by atoms with van der Waals surface area (Å²) in [5.41, 5.74) is -0.950. The average molecular weight is 301 g/mol. The van der Waals surface area contributed by atoms with E-state index in [4.69, 9.17) is 10.5 Å². The Morgan fingerprint density at radius 3 is 2.24 bits per heavy atom. The molecule has 0 bridgehead atoms. The largest absolute Gasteiger partial charge is 0.416 e. The normalized spacial score (nSPS) is 10.2. The Bertz CT molecular complexity index is 531. The van der Waals surface area contributed by atoms with Crippen molar-refractivity contribution in [3.8, 4) is 12.1 Å². The number of hydrogen-bond acceptors (Lipinski definition) is 2. The maximum Gasteiger partial charge on any atom is 0.416 e. The van der Waals surface area contributed by atoms with Gasteiger partial charge in [0.05, 0.1) is 5.56 Å². The van der Waals surface area contributed by atoms with E-state index in [2.05, 4.69) is 15.9 Å². The van der Waals surface area contributed by atoms with E-state index in [1.807, 2.05) is 0 Å². The number of allylic oxidation sites excluding steroid dienone is 1. The van der Waals surface area contributed by atoms with Crippen LogP contribution in [0, 0.1) is 22.7 Å². The van der Waals surface area contributed by atoms with Gasteiger partial charge in [-0.2, -0.15) is 23.7 Å². The summed E-state index contributed by atoms with van der Waals surface area (Å²) in [5, 5.41) is 17.0. The fraction of sp³-hybridized carbons (Fsp3) is 0.0909. The highest BCUT2D eigenvalue weighted by molar-refractivity contribution is 9.10. The first-order chi connectivity index (χ1) is 7.86. The first kappa shape index (κ1) is 13.3. The molecule has 0 radical (unpaired) electrons. The Labute approximate surface area is 104 Å². The zero-order valence-corrected chi connectivity index (χ0v) is 9.80. The van der Waals surface area contributed by atoms with Crippen molar-refractivity contribution >= 4 is 22.0 Å². The third-order valence-electron chi connectivity index (χ3n) is 1.80. The van der Waals surface area contributed by atoms with Gasteiger partial charge in [0, 0.05) is 4.47 Å². The molecule has 0 aliphatic rings. The highest BCUT2D eigenvalue weighted by Crippen LogP contribution is 2.32. The molecule has 1 rings (SSSR count). The van der Waals surface area contributed by atoms with Crippen molar-refractivity contribution in [2.45, 2.75) is 6.18 Å². The van der Waals surface area contributed by atoms with Crippen molar-refractivity contribution in [2.24, 2.45) is 0 Å². The minimum absolute atomic E-state index is 0.143. The molecule has 0 aliphatic carbocycles. The maximum absolute atomic E-state index is 12.5. The molecule has 0 saturated carbocycles. The zero-order valence-electron chi connectivity index (χ0n) is 8.22. The molecule has 0 unspecified atom stereocenters. The summed E-state index contributed by atoms with van der Waals surface area (Å²) in [4.78, 5) is 0. The molecule has 1 aromatic carbocycles. The summed E-state index contributed by atoms with van der Waals surface area (Å²) >= 11 is 2.94. The van der Waals surface area contributed by atoms with Gasteiger partial charge in [-0.1, -0.05) is 15.9 Å². The van der Waals surface area contributed by atoms with E-state index in [0.717, 1.165) is 18.2 Å². The summed E-state index contributed by atoms with van der Waals surface area (Å²) in [6.45, 7) is 0. The van der Waals surface area contributed by atoms with Crippen LogP contribution in [0.4, 0.5) is 13.2 Å². The van der Waals surface area contributed by atoms with E-state index in [0.29, 0.717) is 0 Å². The molecule has 1 aromatic rings. The lowest BCUT2D eigenvalue weighted by Crippen LogP contribution is -2.04. The van der Waals surface area contributed by atoms with Crippen LogP contribution in [0.3, 0.4) is 0 Å². The maximum atomic E-state index is 12.5. The second-order valence-corrected chi connectivity index (χ2v) is 3.97. The Morgan fingerprint density at radius 2 is 1.76 bits per heavy atom. The summed E-state index contributed by atoms with van der Waals surface area (Å²) in [6.07, 6.45) is -3.37. The highest BCUT2D eigenvalue weighted by Gasteiger charge is 2.30. The molecule has 0 aromatic heterocycles. The molecule has 0 heterocycles. The summed E-state index contributed by atoms with van der Waals surface area (Å²) in [6, 6.07) is 6.36. The van der Waals surface area contributed by atoms with Crippen LogP contribution in [0.25, 0.3) is 6.08 Å². The van der Waals surface area contributed by atoms with Crippen LogP contribution < -0.4 is 0 Å². The molecule has 0 fully saturated rings. The standard InChI is InChI=1S/C11H4BrF3N2/c12-10-3-7(1-8(5-16)6-17)2-9(4-10)11(13,14)15/h1-4H. The predicted molar refractivity (Wildman–Crippen MR) is 58.3 cm³/mol. The third kappa shape index (κ3) is 3.61. The smallest absolute Gasteiger partial charge is 0.192 e. The van der Waals surface area contributed by atoms with Gasteiger partial charge in [0.25, 0.3) is 0 Å². The van der Waals surface area contributed by atoms with E-state index in [1.165, 1.54) is 6.07 Å². The summed E-state index contributed by atoms with van der Waals surface area (Å²) in [7, 11) is 0. The van der Waals surface area contributed by atoms with Gasteiger partial charge in [-0.15, -0.1) is 0 Å². The van der Waals surface area contributed by atoms with Gasteiger partial charge < -0.3 is 0 Å². The van der Waals surface area contributed by atoms with Crippen LogP contribution in [0.15, 0.2) is 28.2 Å². The fourth-order valence-electron chi connectivity index (χ4n) is 1.12. The molecule has 0 spiro atoms.